The number of piperidine rings is 1. The number of nitrogens with zero attached hydrogens (tertiary/aromatic N) is 3. The van der Waals surface area contributed by atoms with Crippen LogP contribution in [0.1, 0.15) is 19.3 Å². The summed E-state index contributed by atoms with van der Waals surface area (Å²) in [4.78, 5) is 29.7. The van der Waals surface area contributed by atoms with Crippen LogP contribution in [0.2, 0.25) is 0 Å². The summed E-state index contributed by atoms with van der Waals surface area (Å²) in [6, 6.07) is 0.0127. The molecule has 2 saturated heterocycles. The van der Waals surface area contributed by atoms with Gasteiger partial charge in [-0.15, -0.1) is 0 Å². The number of nitrogens with one attached hydrogen (secondary N) is 1. The molecule has 1 N–H and O–H groups in total. The summed E-state index contributed by atoms with van der Waals surface area (Å²) in [5, 5.41) is 3.31. The lowest BCUT2D eigenvalue weighted by atomic mass is 10.0. The molecule has 2 amide bonds. The van der Waals surface area contributed by atoms with Crippen molar-refractivity contribution < 1.29 is 9.59 Å². The Hall–Kier alpha value is -1.14. The number of rotatable bonds is 3. The van der Waals surface area contributed by atoms with E-state index in [1.165, 1.54) is 6.42 Å². The van der Waals surface area contributed by atoms with E-state index in [9.17, 15) is 9.59 Å². The van der Waals surface area contributed by atoms with Gasteiger partial charge in [0.2, 0.25) is 11.8 Å². The first-order valence-electron chi connectivity index (χ1n) is 7.52. The summed E-state index contributed by atoms with van der Waals surface area (Å²) >= 11 is 0. The van der Waals surface area contributed by atoms with Crippen LogP contribution in [0.15, 0.2) is 0 Å². The Morgan fingerprint density at radius 3 is 2.40 bits per heavy atom. The van der Waals surface area contributed by atoms with Gasteiger partial charge in [-0.2, -0.15) is 0 Å². The van der Waals surface area contributed by atoms with E-state index in [1.807, 2.05) is 4.90 Å². The third kappa shape index (κ3) is 3.93. The Bertz CT molecular complexity index is 345. The number of hydrogen-bond donors (Lipinski definition) is 1. The van der Waals surface area contributed by atoms with Crippen LogP contribution in [0.5, 0.6) is 0 Å². The van der Waals surface area contributed by atoms with Gasteiger partial charge in [0.25, 0.3) is 0 Å². The van der Waals surface area contributed by atoms with Crippen molar-refractivity contribution in [3.63, 3.8) is 0 Å². The Balaban J connectivity index is 1.76. The summed E-state index contributed by atoms with van der Waals surface area (Å²) in [7, 11) is 3.55. The van der Waals surface area contributed by atoms with E-state index in [1.54, 1.807) is 19.0 Å². The molecule has 114 valence electrons. The van der Waals surface area contributed by atoms with E-state index in [2.05, 4.69) is 10.2 Å². The van der Waals surface area contributed by atoms with E-state index >= 15 is 0 Å². The second-order valence-corrected chi connectivity index (χ2v) is 5.89. The molecule has 6 nitrogen and oxygen atoms in total. The van der Waals surface area contributed by atoms with Crippen LogP contribution < -0.4 is 5.32 Å². The van der Waals surface area contributed by atoms with Crippen molar-refractivity contribution in [2.45, 2.75) is 25.3 Å². The van der Waals surface area contributed by atoms with E-state index in [0.29, 0.717) is 6.54 Å². The monoisotopic (exact) mass is 282 g/mol. The Labute approximate surface area is 121 Å². The average Bonchev–Trinajstić information content (AvgIpc) is 2.48. The van der Waals surface area contributed by atoms with E-state index in [-0.39, 0.29) is 17.9 Å². The molecule has 6 heteroatoms. The quantitative estimate of drug-likeness (QED) is 0.748. The number of carbonyl (C=O) groups is 2. The topological polar surface area (TPSA) is 55.9 Å². The van der Waals surface area contributed by atoms with E-state index < -0.39 is 0 Å². The molecule has 2 aliphatic heterocycles. The second-order valence-electron chi connectivity index (χ2n) is 5.89. The fraction of sp³-hybridized carbons (Fsp3) is 0.857. The first kappa shape index (κ1) is 15.3. The maximum absolute atomic E-state index is 12.4. The summed E-state index contributed by atoms with van der Waals surface area (Å²) in [6.07, 6.45) is 3.27. The normalized spacial score (nSPS) is 24.5. The molecule has 2 heterocycles. The minimum Gasteiger partial charge on any atom is -0.348 e. The molecule has 0 aromatic carbocycles. The molecule has 1 unspecified atom stereocenters. The van der Waals surface area contributed by atoms with Crippen LogP contribution in [0.25, 0.3) is 0 Å². The molecular formula is C14H26N4O2. The van der Waals surface area contributed by atoms with Gasteiger partial charge in [-0.1, -0.05) is 6.42 Å². The number of carbonyl (C=O) groups excluding carboxylic acids is 2. The summed E-state index contributed by atoms with van der Waals surface area (Å²) in [5.74, 6) is 0.363. The van der Waals surface area contributed by atoms with Crippen LogP contribution in [0.4, 0.5) is 0 Å². The van der Waals surface area contributed by atoms with Gasteiger partial charge < -0.3 is 15.1 Å². The third-order valence-corrected chi connectivity index (χ3v) is 4.15. The predicted octanol–water partition coefficient (Wildman–Crippen LogP) is -0.639. The van der Waals surface area contributed by atoms with Crippen molar-refractivity contribution in [1.29, 1.82) is 0 Å². The fourth-order valence-electron chi connectivity index (χ4n) is 2.74. The SMILES string of the molecule is CN(C)C(=O)CN1CCN(C(=O)C2CCCCN2)CC1. The van der Waals surface area contributed by atoms with Gasteiger partial charge in [0.05, 0.1) is 12.6 Å². The molecule has 0 bridgehead atoms. The first-order valence-corrected chi connectivity index (χ1v) is 7.52. The Morgan fingerprint density at radius 1 is 1.15 bits per heavy atom. The molecule has 0 radical (unpaired) electrons. The van der Waals surface area contributed by atoms with Crippen LogP contribution in [-0.4, -0.2) is 85.9 Å². The molecule has 0 aliphatic carbocycles. The molecule has 0 saturated carbocycles. The van der Waals surface area contributed by atoms with Crippen molar-refractivity contribution >= 4 is 11.8 Å². The molecule has 20 heavy (non-hydrogen) atoms. The van der Waals surface area contributed by atoms with E-state index in [4.69, 9.17) is 0 Å². The molecule has 0 spiro atoms. The highest BCUT2D eigenvalue weighted by Gasteiger charge is 2.28. The zero-order chi connectivity index (χ0) is 14.5. The fourth-order valence-corrected chi connectivity index (χ4v) is 2.74. The van der Waals surface area contributed by atoms with Gasteiger partial charge in [0.15, 0.2) is 0 Å². The molecule has 0 aromatic heterocycles. The van der Waals surface area contributed by atoms with Gasteiger partial charge in [-0.3, -0.25) is 14.5 Å². The predicted molar refractivity (Wildman–Crippen MR) is 77.4 cm³/mol. The highest BCUT2D eigenvalue weighted by molar-refractivity contribution is 5.82. The summed E-state index contributed by atoms with van der Waals surface area (Å²) < 4.78 is 0. The smallest absolute Gasteiger partial charge is 0.239 e. The standard InChI is InChI=1S/C14H26N4O2/c1-16(2)13(19)11-17-7-9-18(10-8-17)14(20)12-5-3-4-6-15-12/h12,15H,3-11H2,1-2H3. The first-order chi connectivity index (χ1) is 9.58. The zero-order valence-corrected chi connectivity index (χ0v) is 12.6. The maximum Gasteiger partial charge on any atom is 0.239 e. The van der Waals surface area contributed by atoms with Gasteiger partial charge in [0, 0.05) is 40.3 Å². The highest BCUT2D eigenvalue weighted by atomic mass is 16.2. The molecule has 2 aliphatic rings. The number of piperazine rings is 1. The maximum atomic E-state index is 12.4. The van der Waals surface area contributed by atoms with Crippen molar-refractivity contribution in [2.75, 3.05) is 53.4 Å². The minimum absolute atomic E-state index is 0.0127. The molecule has 1 atom stereocenters. The van der Waals surface area contributed by atoms with Crippen molar-refractivity contribution in [3.05, 3.63) is 0 Å². The zero-order valence-electron chi connectivity index (χ0n) is 12.6. The van der Waals surface area contributed by atoms with Crippen molar-refractivity contribution in [3.8, 4) is 0 Å². The largest absolute Gasteiger partial charge is 0.348 e. The average molecular weight is 282 g/mol. The van der Waals surface area contributed by atoms with Gasteiger partial charge in [-0.05, 0) is 19.4 Å². The second kappa shape index (κ2) is 7.04. The van der Waals surface area contributed by atoms with Gasteiger partial charge in [0.1, 0.15) is 0 Å². The van der Waals surface area contributed by atoms with Crippen LogP contribution in [0, 0.1) is 0 Å². The number of hydrogen-bond acceptors (Lipinski definition) is 4. The summed E-state index contributed by atoms with van der Waals surface area (Å²) in [5.41, 5.74) is 0. The molecule has 2 fully saturated rings. The molecular weight excluding hydrogens is 256 g/mol. The third-order valence-electron chi connectivity index (χ3n) is 4.15. The van der Waals surface area contributed by atoms with Crippen LogP contribution >= 0.6 is 0 Å². The van der Waals surface area contributed by atoms with Gasteiger partial charge >= 0.3 is 0 Å². The van der Waals surface area contributed by atoms with Crippen molar-refractivity contribution in [2.24, 2.45) is 0 Å². The lowest BCUT2D eigenvalue weighted by Gasteiger charge is -2.37. The molecule has 0 aromatic rings. The van der Waals surface area contributed by atoms with E-state index in [0.717, 1.165) is 45.6 Å². The van der Waals surface area contributed by atoms with Crippen LogP contribution in [-0.2, 0) is 9.59 Å². The number of likely N-dealkylation sites (N-methyl/N-ethyl adjacent to an activating group) is 1. The van der Waals surface area contributed by atoms with Crippen molar-refractivity contribution in [1.82, 2.24) is 20.0 Å². The highest BCUT2D eigenvalue weighted by Crippen LogP contribution is 2.11. The lowest BCUT2D eigenvalue weighted by molar-refractivity contribution is -0.136. The molecule has 2 rings (SSSR count). The summed E-state index contributed by atoms with van der Waals surface area (Å²) in [6.45, 7) is 4.45. The minimum atomic E-state index is 0.0127. The Kier molecular flexibility index (Phi) is 5.37. The lowest BCUT2D eigenvalue weighted by Crippen LogP contribution is -2.55. The number of amides is 2. The Morgan fingerprint density at radius 2 is 1.85 bits per heavy atom. The van der Waals surface area contributed by atoms with Crippen LogP contribution in [0.3, 0.4) is 0 Å². The van der Waals surface area contributed by atoms with Gasteiger partial charge in [-0.25, -0.2) is 0 Å².